The van der Waals surface area contributed by atoms with Crippen molar-refractivity contribution >= 4 is 17.3 Å². The highest BCUT2D eigenvalue weighted by Crippen LogP contribution is 2.25. The first-order chi connectivity index (χ1) is 11.0. The molecule has 0 aliphatic carbocycles. The van der Waals surface area contributed by atoms with Gasteiger partial charge in [-0.3, -0.25) is 19.9 Å². The molecule has 1 unspecified atom stereocenters. The Hall–Kier alpha value is -1.25. The molecular formula is C15H22ClN3O4. The minimum Gasteiger partial charge on any atom is -0.390 e. The summed E-state index contributed by atoms with van der Waals surface area (Å²) in [6.07, 6.45) is -0.472. The first-order valence-electron chi connectivity index (χ1n) is 7.55. The summed E-state index contributed by atoms with van der Waals surface area (Å²) < 4.78 is 5.28. The van der Waals surface area contributed by atoms with Crippen molar-refractivity contribution in [2.75, 3.05) is 46.4 Å². The van der Waals surface area contributed by atoms with Gasteiger partial charge in [0, 0.05) is 38.8 Å². The minimum absolute atomic E-state index is 0.0913. The van der Waals surface area contributed by atoms with E-state index in [1.807, 2.05) is 11.9 Å². The normalized spacial score (nSPS) is 17.4. The SMILES string of the molecule is CN(Cc1ccc(Cl)c([N+](=O)[O-])c1)CC(O)CN1CCOCC1. The van der Waals surface area contributed by atoms with E-state index in [0.717, 1.165) is 18.7 Å². The predicted octanol–water partition coefficient (Wildman–Crippen LogP) is 1.37. The second-order valence-corrected chi connectivity index (χ2v) is 6.21. The van der Waals surface area contributed by atoms with E-state index in [-0.39, 0.29) is 10.7 Å². The lowest BCUT2D eigenvalue weighted by Gasteiger charge is -2.30. The number of β-amino-alcohol motifs (C(OH)–C–C–N with tert-alkyl or cyclic N) is 1. The molecule has 0 saturated carbocycles. The highest BCUT2D eigenvalue weighted by Gasteiger charge is 2.17. The van der Waals surface area contributed by atoms with Gasteiger partial charge in [-0.25, -0.2) is 0 Å². The van der Waals surface area contributed by atoms with Gasteiger partial charge in [0.25, 0.3) is 5.69 Å². The number of nitro groups is 1. The molecule has 128 valence electrons. The van der Waals surface area contributed by atoms with Crippen LogP contribution in [0.1, 0.15) is 5.56 Å². The van der Waals surface area contributed by atoms with Crippen LogP contribution in [0.4, 0.5) is 5.69 Å². The Morgan fingerprint density at radius 1 is 1.48 bits per heavy atom. The summed E-state index contributed by atoms with van der Waals surface area (Å²) >= 11 is 5.81. The van der Waals surface area contributed by atoms with E-state index in [0.29, 0.717) is 32.8 Å². The van der Waals surface area contributed by atoms with Crippen LogP contribution in [-0.2, 0) is 11.3 Å². The zero-order valence-corrected chi connectivity index (χ0v) is 13.9. The van der Waals surface area contributed by atoms with Crippen LogP contribution in [-0.4, -0.2) is 72.4 Å². The minimum atomic E-state index is -0.487. The molecule has 1 saturated heterocycles. The van der Waals surface area contributed by atoms with Gasteiger partial charge in [0.15, 0.2) is 0 Å². The molecule has 0 aromatic heterocycles. The maximum absolute atomic E-state index is 10.9. The third-order valence-electron chi connectivity index (χ3n) is 3.75. The number of benzene rings is 1. The lowest BCUT2D eigenvalue weighted by molar-refractivity contribution is -0.384. The molecule has 1 N–H and O–H groups in total. The highest BCUT2D eigenvalue weighted by atomic mass is 35.5. The molecule has 0 bridgehead atoms. The van der Waals surface area contributed by atoms with Crippen molar-refractivity contribution in [3.8, 4) is 0 Å². The third kappa shape index (κ3) is 5.71. The summed E-state index contributed by atoms with van der Waals surface area (Å²) in [6.45, 7) is 4.70. The highest BCUT2D eigenvalue weighted by molar-refractivity contribution is 6.32. The summed E-state index contributed by atoms with van der Waals surface area (Å²) in [5, 5.41) is 21.2. The molecule has 1 aromatic carbocycles. The van der Waals surface area contributed by atoms with E-state index in [2.05, 4.69) is 4.90 Å². The van der Waals surface area contributed by atoms with E-state index in [9.17, 15) is 15.2 Å². The Morgan fingerprint density at radius 2 is 2.17 bits per heavy atom. The van der Waals surface area contributed by atoms with E-state index in [1.54, 1.807) is 6.07 Å². The monoisotopic (exact) mass is 343 g/mol. The van der Waals surface area contributed by atoms with E-state index in [4.69, 9.17) is 16.3 Å². The van der Waals surface area contributed by atoms with Crippen molar-refractivity contribution in [1.82, 2.24) is 9.80 Å². The molecule has 0 amide bonds. The number of hydrogen-bond donors (Lipinski definition) is 1. The Balaban J connectivity index is 1.85. The average molecular weight is 344 g/mol. The van der Waals surface area contributed by atoms with Crippen molar-refractivity contribution in [2.24, 2.45) is 0 Å². The lowest BCUT2D eigenvalue weighted by Crippen LogP contribution is -2.43. The molecule has 1 atom stereocenters. The Labute approximate surface area is 140 Å². The van der Waals surface area contributed by atoms with Crippen LogP contribution in [0.15, 0.2) is 18.2 Å². The molecule has 1 aromatic rings. The molecule has 7 nitrogen and oxygen atoms in total. The summed E-state index contributed by atoms with van der Waals surface area (Å²) in [5.74, 6) is 0. The van der Waals surface area contributed by atoms with Crippen LogP contribution in [0.3, 0.4) is 0 Å². The molecule has 0 radical (unpaired) electrons. The van der Waals surface area contributed by atoms with Gasteiger partial charge < -0.3 is 9.84 Å². The van der Waals surface area contributed by atoms with Gasteiger partial charge in [0.1, 0.15) is 5.02 Å². The van der Waals surface area contributed by atoms with Crippen molar-refractivity contribution in [2.45, 2.75) is 12.6 Å². The van der Waals surface area contributed by atoms with Gasteiger partial charge >= 0.3 is 0 Å². The maximum Gasteiger partial charge on any atom is 0.288 e. The van der Waals surface area contributed by atoms with Crippen molar-refractivity contribution in [1.29, 1.82) is 0 Å². The second kappa shape index (κ2) is 8.56. The number of likely N-dealkylation sites (N-methyl/N-ethyl adjacent to an activating group) is 1. The van der Waals surface area contributed by atoms with E-state index in [1.165, 1.54) is 12.1 Å². The van der Waals surface area contributed by atoms with Crippen LogP contribution in [0.25, 0.3) is 0 Å². The van der Waals surface area contributed by atoms with E-state index >= 15 is 0 Å². The van der Waals surface area contributed by atoms with Crippen LogP contribution >= 0.6 is 11.6 Å². The van der Waals surface area contributed by atoms with Crippen LogP contribution < -0.4 is 0 Å². The van der Waals surface area contributed by atoms with Crippen LogP contribution in [0.2, 0.25) is 5.02 Å². The molecule has 1 fully saturated rings. The summed E-state index contributed by atoms with van der Waals surface area (Å²) in [5.41, 5.74) is 0.702. The zero-order chi connectivity index (χ0) is 16.8. The maximum atomic E-state index is 10.9. The number of rotatable bonds is 7. The Bertz CT molecular complexity index is 537. The number of hydrogen-bond acceptors (Lipinski definition) is 6. The zero-order valence-electron chi connectivity index (χ0n) is 13.2. The molecule has 8 heteroatoms. The molecule has 1 heterocycles. The predicted molar refractivity (Wildman–Crippen MR) is 87.7 cm³/mol. The van der Waals surface area contributed by atoms with Gasteiger partial charge in [-0.15, -0.1) is 0 Å². The van der Waals surface area contributed by atoms with Gasteiger partial charge in [-0.05, 0) is 18.7 Å². The molecule has 1 aliphatic rings. The number of halogens is 1. The number of aliphatic hydroxyl groups excluding tert-OH is 1. The number of aliphatic hydroxyl groups is 1. The van der Waals surface area contributed by atoms with Crippen molar-refractivity contribution in [3.63, 3.8) is 0 Å². The topological polar surface area (TPSA) is 79.1 Å². The quantitative estimate of drug-likeness (QED) is 0.595. The Morgan fingerprint density at radius 3 is 2.83 bits per heavy atom. The average Bonchev–Trinajstić information content (AvgIpc) is 2.49. The smallest absolute Gasteiger partial charge is 0.288 e. The standard InChI is InChI=1S/C15H22ClN3O4/c1-17(10-13(20)11-18-4-6-23-7-5-18)9-12-2-3-14(16)15(8-12)19(21)22/h2-3,8,13,20H,4-7,9-11H2,1H3. The molecular weight excluding hydrogens is 322 g/mol. The number of nitrogens with zero attached hydrogens (tertiary/aromatic N) is 3. The number of morpholine rings is 1. The van der Waals surface area contributed by atoms with Crippen LogP contribution in [0, 0.1) is 10.1 Å². The fraction of sp³-hybridized carbons (Fsp3) is 0.600. The van der Waals surface area contributed by atoms with Crippen molar-refractivity contribution in [3.05, 3.63) is 38.9 Å². The van der Waals surface area contributed by atoms with Crippen LogP contribution in [0.5, 0.6) is 0 Å². The first kappa shape index (κ1) is 18.1. The van der Waals surface area contributed by atoms with Gasteiger partial charge in [-0.1, -0.05) is 17.7 Å². The summed E-state index contributed by atoms with van der Waals surface area (Å²) in [6, 6.07) is 4.78. The summed E-state index contributed by atoms with van der Waals surface area (Å²) in [4.78, 5) is 14.5. The molecule has 2 rings (SSSR count). The molecule has 23 heavy (non-hydrogen) atoms. The van der Waals surface area contributed by atoms with Gasteiger partial charge in [-0.2, -0.15) is 0 Å². The third-order valence-corrected chi connectivity index (χ3v) is 4.07. The Kier molecular flexibility index (Phi) is 6.73. The van der Waals surface area contributed by atoms with Gasteiger partial charge in [0.05, 0.1) is 24.2 Å². The van der Waals surface area contributed by atoms with Gasteiger partial charge in [0.2, 0.25) is 0 Å². The lowest BCUT2D eigenvalue weighted by atomic mass is 10.2. The van der Waals surface area contributed by atoms with Crippen molar-refractivity contribution < 1.29 is 14.8 Å². The largest absolute Gasteiger partial charge is 0.390 e. The fourth-order valence-corrected chi connectivity index (χ4v) is 2.86. The number of ether oxygens (including phenoxy) is 1. The number of nitro benzene ring substituents is 1. The molecule has 1 aliphatic heterocycles. The summed E-state index contributed by atoms with van der Waals surface area (Å²) in [7, 11) is 1.88. The van der Waals surface area contributed by atoms with E-state index < -0.39 is 11.0 Å². The first-order valence-corrected chi connectivity index (χ1v) is 7.93. The second-order valence-electron chi connectivity index (χ2n) is 5.81. The molecule has 0 spiro atoms. The fourth-order valence-electron chi connectivity index (χ4n) is 2.67.